The summed E-state index contributed by atoms with van der Waals surface area (Å²) >= 11 is 11.8. The second-order valence-electron chi connectivity index (χ2n) is 11.7. The molecule has 0 N–H and O–H groups in total. The van der Waals surface area contributed by atoms with E-state index < -0.39 is 0 Å². The lowest BCUT2D eigenvalue weighted by atomic mass is 9.51. The quantitative estimate of drug-likeness (QED) is 0.172. The van der Waals surface area contributed by atoms with Crippen molar-refractivity contribution in [2.24, 2.45) is 17.3 Å². The van der Waals surface area contributed by atoms with Crippen LogP contribution >= 0.6 is 23.2 Å². The molecule has 0 bridgehead atoms. The molecule has 2 aromatic rings. The first-order chi connectivity index (χ1) is 18.9. The SMILES string of the molecule is C[C@]12CC[C@@H]3c4ccc(OC(=O)CCOc5ccc(N(CCCl)CCCl)cc5)cc4CC[C@H]3[C@@H]1CCC(=O)C2. The van der Waals surface area contributed by atoms with Gasteiger partial charge in [0.2, 0.25) is 0 Å². The van der Waals surface area contributed by atoms with Gasteiger partial charge in [0, 0.05) is 43.4 Å². The number of nitrogens with zero attached hydrogens (tertiary/aromatic N) is 1. The number of ether oxygens (including phenoxy) is 2. The van der Waals surface area contributed by atoms with E-state index in [2.05, 4.69) is 24.0 Å². The fraction of sp³-hybridized carbons (Fsp3) is 0.562. The normalized spacial score (nSPS) is 25.7. The number of benzene rings is 2. The molecule has 5 nitrogen and oxygen atoms in total. The number of alkyl halides is 2. The van der Waals surface area contributed by atoms with E-state index in [1.165, 1.54) is 11.1 Å². The van der Waals surface area contributed by atoms with E-state index in [9.17, 15) is 9.59 Å². The van der Waals surface area contributed by atoms with Crippen molar-refractivity contribution in [1.82, 2.24) is 0 Å². The van der Waals surface area contributed by atoms with Gasteiger partial charge in [-0.2, -0.15) is 0 Å². The number of fused-ring (bicyclic) bond motifs is 5. The van der Waals surface area contributed by atoms with E-state index in [1.54, 1.807) is 0 Å². The van der Waals surface area contributed by atoms with E-state index in [0.29, 0.717) is 46.8 Å². The van der Waals surface area contributed by atoms with E-state index >= 15 is 0 Å². The Morgan fingerprint density at radius 1 is 1.00 bits per heavy atom. The topological polar surface area (TPSA) is 55.8 Å². The summed E-state index contributed by atoms with van der Waals surface area (Å²) in [5.74, 6) is 4.40. The van der Waals surface area contributed by atoms with Crippen molar-refractivity contribution < 1.29 is 19.1 Å². The summed E-state index contributed by atoms with van der Waals surface area (Å²) < 4.78 is 11.5. The van der Waals surface area contributed by atoms with Gasteiger partial charge in [0.15, 0.2) is 0 Å². The zero-order valence-corrected chi connectivity index (χ0v) is 24.3. The van der Waals surface area contributed by atoms with Crippen LogP contribution in [0.15, 0.2) is 42.5 Å². The number of carbonyl (C=O) groups excluding carboxylic acids is 2. The highest BCUT2D eigenvalue weighted by Gasteiger charge is 2.50. The van der Waals surface area contributed by atoms with Crippen LogP contribution in [-0.2, 0) is 16.0 Å². The largest absolute Gasteiger partial charge is 0.493 e. The Morgan fingerprint density at radius 3 is 2.49 bits per heavy atom. The van der Waals surface area contributed by atoms with Crippen molar-refractivity contribution in [2.45, 2.75) is 64.2 Å². The Labute approximate surface area is 242 Å². The molecule has 0 unspecified atom stereocenters. The zero-order chi connectivity index (χ0) is 27.4. The molecule has 4 atom stereocenters. The standard InChI is InChI=1S/C32H39Cl2NO4/c1-32-14-12-28-27-10-8-26(20-22(27)2-9-29(28)30(32)11-5-24(36)21-32)39-31(37)13-19-38-25-6-3-23(4-7-25)35(17-15-33)18-16-34/h3-4,6-8,10,20,28-30H,2,5,9,11-19,21H2,1H3/t28-,29-,30+,32-/m1/s1. The molecule has 3 aliphatic rings. The second kappa shape index (κ2) is 12.5. The summed E-state index contributed by atoms with van der Waals surface area (Å²) in [6.45, 7) is 4.06. The van der Waals surface area contributed by atoms with Crippen molar-refractivity contribution in [3.05, 3.63) is 53.6 Å². The van der Waals surface area contributed by atoms with Crippen molar-refractivity contribution in [3.8, 4) is 11.5 Å². The minimum Gasteiger partial charge on any atom is -0.493 e. The molecule has 2 aromatic carbocycles. The Balaban J connectivity index is 1.13. The lowest BCUT2D eigenvalue weighted by Gasteiger charge is -2.53. The number of aryl methyl sites for hydroxylation is 1. The van der Waals surface area contributed by atoms with Crippen LogP contribution in [0, 0.1) is 17.3 Å². The van der Waals surface area contributed by atoms with Gasteiger partial charge in [-0.1, -0.05) is 13.0 Å². The third kappa shape index (κ3) is 6.41. The number of rotatable bonds is 10. The molecule has 2 fully saturated rings. The summed E-state index contributed by atoms with van der Waals surface area (Å²) in [5, 5.41) is 0. The first-order valence-corrected chi connectivity index (χ1v) is 15.4. The Morgan fingerprint density at radius 2 is 1.74 bits per heavy atom. The monoisotopic (exact) mass is 571 g/mol. The Hall–Kier alpha value is -2.24. The molecular formula is C32H39Cl2NO4. The predicted molar refractivity (Wildman–Crippen MR) is 157 cm³/mol. The molecule has 39 heavy (non-hydrogen) atoms. The fourth-order valence-corrected chi connectivity index (χ4v) is 7.82. The van der Waals surface area contributed by atoms with Gasteiger partial charge in [0.05, 0.1) is 13.0 Å². The molecule has 2 saturated carbocycles. The molecule has 0 radical (unpaired) electrons. The molecule has 0 aliphatic heterocycles. The Kier molecular flexibility index (Phi) is 9.08. The number of anilines is 1. The second-order valence-corrected chi connectivity index (χ2v) is 12.4. The zero-order valence-electron chi connectivity index (χ0n) is 22.8. The van der Waals surface area contributed by atoms with Gasteiger partial charge in [-0.15, -0.1) is 23.2 Å². The maximum absolute atomic E-state index is 12.5. The van der Waals surface area contributed by atoms with Crippen molar-refractivity contribution in [2.75, 3.05) is 36.4 Å². The Bertz CT molecular complexity index is 1160. The number of esters is 1. The van der Waals surface area contributed by atoms with Crippen LogP contribution in [0.2, 0.25) is 0 Å². The first kappa shape index (κ1) is 28.3. The average Bonchev–Trinajstić information content (AvgIpc) is 2.92. The molecule has 0 spiro atoms. The molecule has 3 aliphatic carbocycles. The van der Waals surface area contributed by atoms with E-state index in [4.69, 9.17) is 32.7 Å². The maximum atomic E-state index is 12.5. The van der Waals surface area contributed by atoms with Crippen LogP contribution in [0.5, 0.6) is 11.5 Å². The van der Waals surface area contributed by atoms with Gasteiger partial charge in [0.25, 0.3) is 0 Å². The van der Waals surface area contributed by atoms with Crippen LogP contribution in [0.25, 0.3) is 0 Å². The van der Waals surface area contributed by atoms with Crippen LogP contribution in [0.1, 0.15) is 68.9 Å². The molecular weight excluding hydrogens is 533 g/mol. The lowest BCUT2D eigenvalue weighted by Crippen LogP contribution is -2.46. The number of hydrogen-bond donors (Lipinski definition) is 0. The third-order valence-corrected chi connectivity index (χ3v) is 9.61. The minimum absolute atomic E-state index is 0.174. The summed E-state index contributed by atoms with van der Waals surface area (Å²) in [6.07, 6.45) is 7.18. The molecule has 5 rings (SSSR count). The third-order valence-electron chi connectivity index (χ3n) is 9.27. The van der Waals surface area contributed by atoms with Gasteiger partial charge in [-0.05, 0) is 103 Å². The van der Waals surface area contributed by atoms with Crippen molar-refractivity contribution in [3.63, 3.8) is 0 Å². The summed E-state index contributed by atoms with van der Waals surface area (Å²) in [7, 11) is 0. The van der Waals surface area contributed by atoms with Crippen LogP contribution < -0.4 is 14.4 Å². The smallest absolute Gasteiger partial charge is 0.314 e. The van der Waals surface area contributed by atoms with Crippen molar-refractivity contribution >= 4 is 40.6 Å². The highest BCUT2D eigenvalue weighted by atomic mass is 35.5. The van der Waals surface area contributed by atoms with Gasteiger partial charge >= 0.3 is 5.97 Å². The summed E-state index contributed by atoms with van der Waals surface area (Å²) in [4.78, 5) is 26.8. The molecule has 7 heteroatoms. The average molecular weight is 573 g/mol. The highest BCUT2D eigenvalue weighted by molar-refractivity contribution is 6.18. The minimum atomic E-state index is -0.295. The fourth-order valence-electron chi connectivity index (χ4n) is 7.42. The molecule has 210 valence electrons. The summed E-state index contributed by atoms with van der Waals surface area (Å²) in [6, 6.07) is 13.9. The number of halogens is 2. The van der Waals surface area contributed by atoms with Crippen LogP contribution in [-0.4, -0.2) is 43.2 Å². The van der Waals surface area contributed by atoms with Gasteiger partial charge < -0.3 is 14.4 Å². The van der Waals surface area contributed by atoms with Crippen molar-refractivity contribution in [1.29, 1.82) is 0 Å². The molecule has 0 aromatic heterocycles. The number of Topliss-reactive ketones (excluding diaryl/α,β-unsaturated/α-hetero) is 1. The van der Waals surface area contributed by atoms with E-state index in [1.807, 2.05) is 30.3 Å². The van der Waals surface area contributed by atoms with E-state index in [-0.39, 0.29) is 24.4 Å². The maximum Gasteiger partial charge on any atom is 0.314 e. The van der Waals surface area contributed by atoms with Crippen LogP contribution in [0.4, 0.5) is 5.69 Å². The summed E-state index contributed by atoms with van der Waals surface area (Å²) in [5.41, 5.74) is 3.96. The number of ketones is 1. The van der Waals surface area contributed by atoms with Gasteiger partial charge in [-0.25, -0.2) is 0 Å². The van der Waals surface area contributed by atoms with Gasteiger partial charge in [0.1, 0.15) is 17.3 Å². The number of carbonyl (C=O) groups is 2. The predicted octanol–water partition coefficient (Wildman–Crippen LogP) is 7.16. The first-order valence-electron chi connectivity index (χ1n) is 14.3. The lowest BCUT2D eigenvalue weighted by molar-refractivity contribution is -0.135. The van der Waals surface area contributed by atoms with Gasteiger partial charge in [-0.3, -0.25) is 9.59 Å². The van der Waals surface area contributed by atoms with Crippen LogP contribution in [0.3, 0.4) is 0 Å². The molecule has 0 heterocycles. The number of hydrogen-bond acceptors (Lipinski definition) is 5. The molecule has 0 saturated heterocycles. The molecule has 0 amide bonds. The highest BCUT2D eigenvalue weighted by Crippen LogP contribution is 2.59. The van der Waals surface area contributed by atoms with E-state index in [0.717, 1.165) is 63.7 Å².